The van der Waals surface area contributed by atoms with Crippen LogP contribution in [0.15, 0.2) is 12.1 Å². The first-order valence-electron chi connectivity index (χ1n) is 6.19. The number of halogens is 2. The Labute approximate surface area is 131 Å². The highest BCUT2D eigenvalue weighted by molar-refractivity contribution is 6.32. The number of nitro benzene ring substituents is 1. The van der Waals surface area contributed by atoms with Crippen molar-refractivity contribution in [2.75, 3.05) is 6.54 Å². The number of nitro groups is 1. The lowest BCUT2D eigenvalue weighted by Gasteiger charge is -2.19. The number of hydrogen-bond acceptors (Lipinski definition) is 4. The van der Waals surface area contributed by atoms with Gasteiger partial charge < -0.3 is 10.1 Å². The van der Waals surface area contributed by atoms with Crippen molar-refractivity contribution in [1.29, 1.82) is 0 Å². The van der Waals surface area contributed by atoms with E-state index in [1.807, 2.05) is 0 Å². The van der Waals surface area contributed by atoms with E-state index in [2.05, 4.69) is 17.2 Å². The summed E-state index contributed by atoms with van der Waals surface area (Å²) in [7, 11) is 0. The third-order valence-electron chi connectivity index (χ3n) is 2.18. The van der Waals surface area contributed by atoms with Gasteiger partial charge in [-0.2, -0.15) is 4.39 Å². The molecular weight excluding hydrogens is 315 g/mol. The largest absolute Gasteiger partial charge is 0.444 e. The quantitative estimate of drug-likeness (QED) is 0.513. The molecule has 0 fully saturated rings. The molecule has 0 radical (unpaired) electrons. The molecule has 0 saturated heterocycles. The van der Waals surface area contributed by atoms with Crippen LogP contribution >= 0.6 is 11.6 Å². The number of carbonyl (C=O) groups is 1. The van der Waals surface area contributed by atoms with E-state index in [-0.39, 0.29) is 17.1 Å². The highest BCUT2D eigenvalue weighted by Gasteiger charge is 2.17. The maximum Gasteiger partial charge on any atom is 0.408 e. The molecule has 0 aliphatic rings. The van der Waals surface area contributed by atoms with E-state index in [1.54, 1.807) is 20.8 Å². The Morgan fingerprint density at radius 1 is 1.50 bits per heavy atom. The minimum absolute atomic E-state index is 0.0378. The first kappa shape index (κ1) is 17.7. The summed E-state index contributed by atoms with van der Waals surface area (Å²) in [5.74, 6) is 4.05. The third-order valence-corrected chi connectivity index (χ3v) is 2.49. The topological polar surface area (TPSA) is 81.5 Å². The molecule has 0 unspecified atom stereocenters. The molecule has 1 N–H and O–H groups in total. The van der Waals surface area contributed by atoms with Crippen LogP contribution in [0.4, 0.5) is 14.9 Å². The molecule has 1 aromatic carbocycles. The summed E-state index contributed by atoms with van der Waals surface area (Å²) in [5, 5.41) is 12.9. The van der Waals surface area contributed by atoms with Gasteiger partial charge in [0.05, 0.1) is 16.5 Å². The summed E-state index contributed by atoms with van der Waals surface area (Å²) < 4.78 is 18.4. The molecule has 0 heterocycles. The molecule has 0 aromatic heterocycles. The van der Waals surface area contributed by atoms with Crippen molar-refractivity contribution in [2.24, 2.45) is 0 Å². The molecule has 1 amide bonds. The van der Waals surface area contributed by atoms with Crippen LogP contribution in [0.1, 0.15) is 26.3 Å². The predicted octanol–water partition coefficient (Wildman–Crippen LogP) is 3.26. The second-order valence-corrected chi connectivity index (χ2v) is 5.60. The predicted molar refractivity (Wildman–Crippen MR) is 79.2 cm³/mol. The number of benzene rings is 1. The summed E-state index contributed by atoms with van der Waals surface area (Å²) in [6.45, 7) is 5.12. The van der Waals surface area contributed by atoms with Crippen LogP contribution in [0.3, 0.4) is 0 Å². The fourth-order valence-electron chi connectivity index (χ4n) is 1.34. The number of hydrogen-bond donors (Lipinski definition) is 1. The summed E-state index contributed by atoms with van der Waals surface area (Å²) in [4.78, 5) is 21.0. The molecule has 22 heavy (non-hydrogen) atoms. The van der Waals surface area contributed by atoms with Gasteiger partial charge in [0.1, 0.15) is 5.60 Å². The van der Waals surface area contributed by atoms with E-state index in [4.69, 9.17) is 16.3 Å². The van der Waals surface area contributed by atoms with Gasteiger partial charge in [0, 0.05) is 11.6 Å². The van der Waals surface area contributed by atoms with E-state index in [0.717, 1.165) is 12.1 Å². The molecule has 0 atom stereocenters. The van der Waals surface area contributed by atoms with Gasteiger partial charge in [-0.05, 0) is 26.8 Å². The molecule has 6 nitrogen and oxygen atoms in total. The minimum Gasteiger partial charge on any atom is -0.444 e. The number of nitrogens with one attached hydrogen (secondary N) is 1. The van der Waals surface area contributed by atoms with Crippen molar-refractivity contribution in [1.82, 2.24) is 5.32 Å². The Bertz CT molecular complexity index is 659. The van der Waals surface area contributed by atoms with E-state index in [0.29, 0.717) is 0 Å². The van der Waals surface area contributed by atoms with Gasteiger partial charge >= 0.3 is 11.8 Å². The van der Waals surface area contributed by atoms with Crippen LogP contribution in [-0.2, 0) is 4.74 Å². The Morgan fingerprint density at radius 3 is 2.68 bits per heavy atom. The van der Waals surface area contributed by atoms with Crippen molar-refractivity contribution in [3.8, 4) is 11.8 Å². The maximum atomic E-state index is 13.4. The fraction of sp³-hybridized carbons (Fsp3) is 0.357. The highest BCUT2D eigenvalue weighted by atomic mass is 35.5. The van der Waals surface area contributed by atoms with Gasteiger partial charge in [0.2, 0.25) is 5.82 Å². The van der Waals surface area contributed by atoms with E-state index >= 15 is 0 Å². The lowest BCUT2D eigenvalue weighted by molar-refractivity contribution is -0.387. The van der Waals surface area contributed by atoms with Crippen molar-refractivity contribution in [3.05, 3.63) is 38.7 Å². The van der Waals surface area contributed by atoms with Gasteiger partial charge in [-0.1, -0.05) is 23.4 Å². The zero-order valence-corrected chi connectivity index (χ0v) is 13.0. The number of amides is 1. The summed E-state index contributed by atoms with van der Waals surface area (Å²) in [6.07, 6.45) is -0.636. The van der Waals surface area contributed by atoms with E-state index in [9.17, 15) is 19.3 Å². The second kappa shape index (κ2) is 7.09. The molecule has 0 saturated carbocycles. The molecule has 0 aliphatic carbocycles. The SMILES string of the molecule is CC(C)(C)OC(=O)NCC#Cc1cc(F)c([N+](=O)[O-])cc1Cl. The minimum atomic E-state index is -1.03. The first-order valence-corrected chi connectivity index (χ1v) is 6.57. The molecule has 118 valence electrons. The number of ether oxygens (including phenoxy) is 1. The summed E-state index contributed by atoms with van der Waals surface area (Å²) >= 11 is 5.79. The van der Waals surface area contributed by atoms with Gasteiger partial charge in [-0.25, -0.2) is 4.79 Å². The zero-order valence-electron chi connectivity index (χ0n) is 12.2. The van der Waals surface area contributed by atoms with Crippen LogP contribution in [0.25, 0.3) is 0 Å². The van der Waals surface area contributed by atoms with Gasteiger partial charge in [0.15, 0.2) is 0 Å². The Hall–Kier alpha value is -2.33. The molecule has 0 bridgehead atoms. The smallest absolute Gasteiger partial charge is 0.408 e. The second-order valence-electron chi connectivity index (χ2n) is 5.20. The van der Waals surface area contributed by atoms with E-state index in [1.165, 1.54) is 0 Å². The van der Waals surface area contributed by atoms with E-state index < -0.39 is 28.1 Å². The fourth-order valence-corrected chi connectivity index (χ4v) is 1.55. The summed E-state index contributed by atoms with van der Waals surface area (Å²) in [6, 6.07) is 1.77. The number of nitrogens with zero attached hydrogens (tertiary/aromatic N) is 1. The highest BCUT2D eigenvalue weighted by Crippen LogP contribution is 2.25. The van der Waals surface area contributed by atoms with Crippen molar-refractivity contribution in [3.63, 3.8) is 0 Å². The Morgan fingerprint density at radius 2 is 2.14 bits per heavy atom. The van der Waals surface area contributed by atoms with Crippen LogP contribution in [0.5, 0.6) is 0 Å². The van der Waals surface area contributed by atoms with Crippen LogP contribution in [0.2, 0.25) is 5.02 Å². The Balaban J connectivity index is 2.72. The molecule has 1 rings (SSSR count). The van der Waals surface area contributed by atoms with Gasteiger partial charge in [0.25, 0.3) is 0 Å². The lowest BCUT2D eigenvalue weighted by atomic mass is 10.2. The maximum absolute atomic E-state index is 13.4. The van der Waals surface area contributed by atoms with Crippen LogP contribution < -0.4 is 5.32 Å². The molecular formula is C14H14ClFN2O4. The molecule has 1 aromatic rings. The number of carbonyl (C=O) groups excluding carboxylic acids is 1. The average Bonchev–Trinajstić information content (AvgIpc) is 2.35. The first-order chi connectivity index (χ1) is 10.1. The lowest BCUT2D eigenvalue weighted by Crippen LogP contribution is -2.32. The van der Waals surface area contributed by atoms with Crippen LogP contribution in [-0.4, -0.2) is 23.2 Å². The van der Waals surface area contributed by atoms with Crippen molar-refractivity contribution in [2.45, 2.75) is 26.4 Å². The standard InChI is InChI=1S/C14H14ClFN2O4/c1-14(2,3)22-13(19)17-6-4-5-9-7-11(16)12(18(20)21)8-10(9)15/h7-8H,6H2,1-3H3,(H,17,19). The average molecular weight is 329 g/mol. The van der Waals surface area contributed by atoms with Gasteiger partial charge in [-0.3, -0.25) is 10.1 Å². The monoisotopic (exact) mass is 328 g/mol. The van der Waals surface area contributed by atoms with Gasteiger partial charge in [-0.15, -0.1) is 0 Å². The zero-order chi connectivity index (χ0) is 16.9. The molecule has 0 aliphatic heterocycles. The third kappa shape index (κ3) is 5.58. The molecule has 0 spiro atoms. The number of alkyl carbamates (subject to hydrolysis) is 1. The Kier molecular flexibility index (Phi) is 5.71. The molecule has 8 heteroatoms. The summed E-state index contributed by atoms with van der Waals surface area (Å²) in [5.41, 5.74) is -1.25. The number of rotatable bonds is 2. The van der Waals surface area contributed by atoms with Crippen LogP contribution in [0, 0.1) is 27.8 Å². The normalized spacial score (nSPS) is 10.4. The van der Waals surface area contributed by atoms with Crippen molar-refractivity contribution >= 4 is 23.4 Å². The van der Waals surface area contributed by atoms with Crippen molar-refractivity contribution < 1.29 is 18.8 Å².